The molecule has 2 aromatic carbocycles. The molecule has 1 aliphatic heterocycles. The number of para-hydroxylation sites is 1. The van der Waals surface area contributed by atoms with Crippen LogP contribution in [0.4, 0.5) is 5.69 Å². The lowest BCUT2D eigenvalue weighted by Crippen LogP contribution is -2.37. The quantitative estimate of drug-likeness (QED) is 0.716. The molecule has 0 saturated carbocycles. The van der Waals surface area contributed by atoms with Crippen molar-refractivity contribution in [1.82, 2.24) is 20.3 Å². The van der Waals surface area contributed by atoms with Crippen LogP contribution in [0.1, 0.15) is 18.0 Å². The lowest BCUT2D eigenvalue weighted by molar-refractivity contribution is -0.127. The predicted octanol–water partition coefficient (Wildman–Crippen LogP) is 2.19. The van der Waals surface area contributed by atoms with E-state index in [1.165, 1.54) is 0 Å². The van der Waals surface area contributed by atoms with Gasteiger partial charge in [-0.3, -0.25) is 9.59 Å². The van der Waals surface area contributed by atoms with Gasteiger partial charge < -0.3 is 10.2 Å². The summed E-state index contributed by atoms with van der Waals surface area (Å²) in [5, 5.41) is 11.4. The van der Waals surface area contributed by atoms with Gasteiger partial charge in [0.1, 0.15) is 0 Å². The highest BCUT2D eigenvalue weighted by Gasteiger charge is 2.36. The molecule has 1 aromatic heterocycles. The van der Waals surface area contributed by atoms with Gasteiger partial charge in [-0.15, -0.1) is 0 Å². The van der Waals surface area contributed by atoms with Crippen molar-refractivity contribution in [2.75, 3.05) is 11.4 Å². The van der Waals surface area contributed by atoms with Crippen LogP contribution < -0.4 is 10.2 Å². The number of carbonyl (C=O) groups is 2. The number of amides is 2. The second-order valence-corrected chi connectivity index (χ2v) is 6.80. The SMILES string of the molecule is O=C(NC(Cn1nccn1)c1ccccc1)C1CC(=O)N(c2ccccc2)C1. The van der Waals surface area contributed by atoms with Crippen molar-refractivity contribution in [2.24, 2.45) is 5.92 Å². The van der Waals surface area contributed by atoms with E-state index in [1.54, 1.807) is 22.1 Å². The first-order chi connectivity index (χ1) is 13.7. The van der Waals surface area contributed by atoms with Crippen molar-refractivity contribution < 1.29 is 9.59 Å². The molecule has 7 nitrogen and oxygen atoms in total. The minimum atomic E-state index is -0.385. The summed E-state index contributed by atoms with van der Waals surface area (Å²) in [6.45, 7) is 0.808. The van der Waals surface area contributed by atoms with E-state index in [0.29, 0.717) is 13.1 Å². The van der Waals surface area contributed by atoms with E-state index >= 15 is 0 Å². The minimum Gasteiger partial charge on any atom is -0.347 e. The van der Waals surface area contributed by atoms with Gasteiger partial charge in [0.25, 0.3) is 0 Å². The van der Waals surface area contributed by atoms with Gasteiger partial charge in [0.2, 0.25) is 11.8 Å². The van der Waals surface area contributed by atoms with E-state index in [-0.39, 0.29) is 30.2 Å². The monoisotopic (exact) mass is 375 g/mol. The second-order valence-electron chi connectivity index (χ2n) is 6.80. The van der Waals surface area contributed by atoms with Crippen LogP contribution in [0.25, 0.3) is 0 Å². The summed E-state index contributed by atoms with van der Waals surface area (Å²) in [5.74, 6) is -0.548. The molecule has 1 N–H and O–H groups in total. The molecular weight excluding hydrogens is 354 g/mol. The van der Waals surface area contributed by atoms with Gasteiger partial charge in [0.05, 0.1) is 30.9 Å². The fourth-order valence-electron chi connectivity index (χ4n) is 3.45. The van der Waals surface area contributed by atoms with Crippen LogP contribution in [0.15, 0.2) is 73.1 Å². The van der Waals surface area contributed by atoms with E-state index in [9.17, 15) is 9.59 Å². The number of nitrogens with zero attached hydrogens (tertiary/aromatic N) is 4. The summed E-state index contributed by atoms with van der Waals surface area (Å²) in [4.78, 5) is 28.6. The third-order valence-corrected chi connectivity index (χ3v) is 4.89. The lowest BCUT2D eigenvalue weighted by Gasteiger charge is -2.21. The van der Waals surface area contributed by atoms with Gasteiger partial charge in [-0.1, -0.05) is 48.5 Å². The Bertz CT molecular complexity index is 928. The number of hydrogen-bond acceptors (Lipinski definition) is 4. The Balaban J connectivity index is 1.48. The molecule has 4 rings (SSSR count). The van der Waals surface area contributed by atoms with Gasteiger partial charge in [-0.2, -0.15) is 15.0 Å². The minimum absolute atomic E-state index is 0.0312. The second kappa shape index (κ2) is 8.04. The fourth-order valence-corrected chi connectivity index (χ4v) is 3.45. The lowest BCUT2D eigenvalue weighted by atomic mass is 10.0. The third kappa shape index (κ3) is 3.93. The summed E-state index contributed by atoms with van der Waals surface area (Å²) in [6, 6.07) is 18.9. The Morgan fingerprint density at radius 2 is 1.68 bits per heavy atom. The largest absolute Gasteiger partial charge is 0.347 e. The number of aromatic nitrogens is 3. The molecule has 2 amide bonds. The zero-order valence-electron chi connectivity index (χ0n) is 15.3. The van der Waals surface area contributed by atoms with Crippen LogP contribution in [0.3, 0.4) is 0 Å². The number of carbonyl (C=O) groups excluding carboxylic acids is 2. The Labute approximate surface area is 163 Å². The van der Waals surface area contributed by atoms with E-state index in [4.69, 9.17) is 0 Å². The molecule has 2 atom stereocenters. The standard InChI is InChI=1S/C21H21N5O2/c27-20-13-17(14-25(20)18-9-5-2-6-10-18)21(28)24-19(15-26-22-11-12-23-26)16-7-3-1-4-8-16/h1-12,17,19H,13-15H2,(H,24,28). The first-order valence-electron chi connectivity index (χ1n) is 9.25. The maximum absolute atomic E-state index is 12.9. The highest BCUT2D eigenvalue weighted by Crippen LogP contribution is 2.26. The van der Waals surface area contributed by atoms with Gasteiger partial charge in [-0.25, -0.2) is 0 Å². The molecule has 0 bridgehead atoms. The molecule has 3 aromatic rings. The van der Waals surface area contributed by atoms with Crippen molar-refractivity contribution in [2.45, 2.75) is 19.0 Å². The highest BCUT2D eigenvalue weighted by atomic mass is 16.2. The zero-order valence-corrected chi connectivity index (χ0v) is 15.3. The van der Waals surface area contributed by atoms with E-state index < -0.39 is 0 Å². The summed E-state index contributed by atoms with van der Waals surface area (Å²) in [6.07, 6.45) is 3.43. The first kappa shape index (κ1) is 17.9. The summed E-state index contributed by atoms with van der Waals surface area (Å²) in [7, 11) is 0. The number of hydrogen-bond donors (Lipinski definition) is 1. The molecule has 0 radical (unpaired) electrons. The highest BCUT2D eigenvalue weighted by molar-refractivity contribution is 6.00. The molecule has 0 aliphatic carbocycles. The van der Waals surface area contributed by atoms with Crippen molar-refractivity contribution >= 4 is 17.5 Å². The van der Waals surface area contributed by atoms with E-state index in [0.717, 1.165) is 11.3 Å². The number of rotatable bonds is 6. The molecule has 2 unspecified atom stereocenters. The first-order valence-corrected chi connectivity index (χ1v) is 9.25. The Kier molecular flexibility index (Phi) is 5.14. The molecule has 28 heavy (non-hydrogen) atoms. The van der Waals surface area contributed by atoms with Gasteiger partial charge in [0.15, 0.2) is 0 Å². The average Bonchev–Trinajstić information content (AvgIpc) is 3.38. The maximum atomic E-state index is 12.9. The molecule has 2 heterocycles. The van der Waals surface area contributed by atoms with Crippen LogP contribution >= 0.6 is 0 Å². The van der Waals surface area contributed by atoms with Crippen molar-refractivity contribution in [3.8, 4) is 0 Å². The van der Waals surface area contributed by atoms with Gasteiger partial charge in [0, 0.05) is 18.7 Å². The zero-order chi connectivity index (χ0) is 19.3. The Morgan fingerprint density at radius 3 is 2.36 bits per heavy atom. The topological polar surface area (TPSA) is 80.1 Å². The van der Waals surface area contributed by atoms with Gasteiger partial charge in [-0.05, 0) is 17.7 Å². The van der Waals surface area contributed by atoms with Crippen molar-refractivity contribution in [1.29, 1.82) is 0 Å². The average molecular weight is 375 g/mol. The number of nitrogens with one attached hydrogen (secondary N) is 1. The predicted molar refractivity (Wildman–Crippen MR) is 104 cm³/mol. The molecule has 1 fully saturated rings. The number of anilines is 1. The normalized spacial score (nSPS) is 17.5. The van der Waals surface area contributed by atoms with Crippen LogP contribution in [-0.4, -0.2) is 33.4 Å². The number of benzene rings is 2. The van der Waals surface area contributed by atoms with E-state index in [2.05, 4.69) is 15.5 Å². The summed E-state index contributed by atoms with van der Waals surface area (Å²) < 4.78 is 0. The van der Waals surface area contributed by atoms with Crippen LogP contribution in [0.5, 0.6) is 0 Å². The van der Waals surface area contributed by atoms with E-state index in [1.807, 2.05) is 60.7 Å². The molecule has 1 saturated heterocycles. The smallest absolute Gasteiger partial charge is 0.227 e. The molecular formula is C21H21N5O2. The van der Waals surface area contributed by atoms with Crippen LogP contribution in [0.2, 0.25) is 0 Å². The van der Waals surface area contributed by atoms with Gasteiger partial charge >= 0.3 is 0 Å². The fraction of sp³-hybridized carbons (Fsp3) is 0.238. The summed E-state index contributed by atoms with van der Waals surface area (Å²) in [5.41, 5.74) is 1.79. The molecule has 1 aliphatic rings. The molecule has 142 valence electrons. The summed E-state index contributed by atoms with van der Waals surface area (Å²) >= 11 is 0. The van der Waals surface area contributed by atoms with Crippen molar-refractivity contribution in [3.63, 3.8) is 0 Å². The van der Waals surface area contributed by atoms with Crippen molar-refractivity contribution in [3.05, 3.63) is 78.6 Å². The Morgan fingerprint density at radius 1 is 1.04 bits per heavy atom. The van der Waals surface area contributed by atoms with Crippen LogP contribution in [0, 0.1) is 5.92 Å². The third-order valence-electron chi connectivity index (χ3n) is 4.89. The molecule has 0 spiro atoms. The maximum Gasteiger partial charge on any atom is 0.227 e. The Hall–Kier alpha value is -3.48. The van der Waals surface area contributed by atoms with Crippen LogP contribution in [-0.2, 0) is 16.1 Å². The molecule has 7 heteroatoms.